The molecule has 3 aromatic heterocycles. The summed E-state index contributed by atoms with van der Waals surface area (Å²) in [6.07, 6.45) is 7.06. The maximum atomic E-state index is 13.3. The van der Waals surface area contributed by atoms with Crippen LogP contribution in [-0.4, -0.2) is 36.9 Å². The summed E-state index contributed by atoms with van der Waals surface area (Å²) < 4.78 is 15.0. The van der Waals surface area contributed by atoms with Crippen LogP contribution in [-0.2, 0) is 4.84 Å². The van der Waals surface area contributed by atoms with E-state index in [4.69, 9.17) is 10.6 Å². The third-order valence-electron chi connectivity index (χ3n) is 5.10. The highest BCUT2D eigenvalue weighted by Gasteiger charge is 2.33. The number of hydrogen-bond donors (Lipinski definition) is 1. The van der Waals surface area contributed by atoms with E-state index in [2.05, 4.69) is 26.8 Å². The lowest BCUT2D eigenvalue weighted by molar-refractivity contribution is -0.0968. The zero-order valence-electron chi connectivity index (χ0n) is 16.8. The van der Waals surface area contributed by atoms with Crippen LogP contribution in [0.2, 0.25) is 0 Å². The first-order valence-corrected chi connectivity index (χ1v) is 9.87. The number of carbonyl (C=O) groups is 1. The molecule has 0 radical (unpaired) electrons. The van der Waals surface area contributed by atoms with Crippen molar-refractivity contribution in [3.8, 4) is 11.8 Å². The van der Waals surface area contributed by atoms with Gasteiger partial charge >= 0.3 is 0 Å². The van der Waals surface area contributed by atoms with E-state index in [-0.39, 0.29) is 23.7 Å². The number of anilines is 1. The van der Waals surface area contributed by atoms with Gasteiger partial charge in [-0.3, -0.25) is 14.0 Å². The van der Waals surface area contributed by atoms with Gasteiger partial charge in [0, 0.05) is 31.2 Å². The number of carbonyl (C=O) groups excluding carboxylic acids is 1. The average molecular weight is 428 g/mol. The maximum Gasteiger partial charge on any atom is 0.295 e. The summed E-state index contributed by atoms with van der Waals surface area (Å²) in [5, 5.41) is 1.35. The minimum absolute atomic E-state index is 0.178. The quantitative estimate of drug-likeness (QED) is 0.493. The molecule has 9 heteroatoms. The molecule has 0 spiro atoms. The standard InChI is InChI=1S/C23H17FN6O2/c24-18-5-3-17(4-6-18)19-9-10-32-30(19)22(31)20-7-8-21-26-13-16(14-29(20)21)2-1-15-11-27-23(25)28-12-15/h3-8,11-14,19H,9-10H2,(H2,25,27,28). The highest BCUT2D eigenvalue weighted by atomic mass is 19.1. The molecule has 32 heavy (non-hydrogen) atoms. The van der Waals surface area contributed by atoms with E-state index in [0.29, 0.717) is 35.5 Å². The maximum absolute atomic E-state index is 13.3. The Bertz CT molecular complexity index is 1360. The van der Waals surface area contributed by atoms with Crippen LogP contribution in [0.25, 0.3) is 5.65 Å². The van der Waals surface area contributed by atoms with E-state index in [1.165, 1.54) is 29.6 Å². The van der Waals surface area contributed by atoms with E-state index in [0.717, 1.165) is 5.56 Å². The second-order valence-corrected chi connectivity index (χ2v) is 7.19. The van der Waals surface area contributed by atoms with Gasteiger partial charge in [0.1, 0.15) is 17.2 Å². The SMILES string of the molecule is Nc1ncc(C#Cc2cnc3ccc(C(=O)N4OCCC4c4ccc(F)cc4)n3c2)cn1. The molecular weight excluding hydrogens is 411 g/mol. The summed E-state index contributed by atoms with van der Waals surface area (Å²) in [6.45, 7) is 0.399. The van der Waals surface area contributed by atoms with E-state index < -0.39 is 0 Å². The second-order valence-electron chi connectivity index (χ2n) is 7.19. The lowest BCUT2D eigenvalue weighted by atomic mass is 10.0. The number of hydrogen-bond acceptors (Lipinski definition) is 6. The van der Waals surface area contributed by atoms with E-state index >= 15 is 0 Å². The fourth-order valence-electron chi connectivity index (χ4n) is 3.54. The third-order valence-corrected chi connectivity index (χ3v) is 5.10. The molecule has 1 aliphatic heterocycles. The molecule has 2 N–H and O–H groups in total. The number of hydroxylamine groups is 2. The van der Waals surface area contributed by atoms with Crippen molar-refractivity contribution < 1.29 is 14.0 Å². The van der Waals surface area contributed by atoms with Gasteiger partial charge in [0.15, 0.2) is 0 Å². The van der Waals surface area contributed by atoms with Gasteiger partial charge in [-0.1, -0.05) is 24.0 Å². The van der Waals surface area contributed by atoms with Crippen molar-refractivity contribution in [1.82, 2.24) is 24.4 Å². The average Bonchev–Trinajstić information content (AvgIpc) is 3.46. The largest absolute Gasteiger partial charge is 0.368 e. The Kier molecular flexibility index (Phi) is 4.97. The number of halogens is 1. The third kappa shape index (κ3) is 3.75. The number of rotatable bonds is 2. The first-order valence-electron chi connectivity index (χ1n) is 9.87. The molecule has 4 heterocycles. The van der Waals surface area contributed by atoms with Crippen molar-refractivity contribution in [3.05, 3.63) is 89.4 Å². The number of nitrogen functional groups attached to an aromatic ring is 1. The molecule has 1 amide bonds. The lowest BCUT2D eigenvalue weighted by Crippen LogP contribution is -2.30. The van der Waals surface area contributed by atoms with E-state index in [1.54, 1.807) is 41.1 Å². The first-order chi connectivity index (χ1) is 15.6. The van der Waals surface area contributed by atoms with Gasteiger partial charge in [-0.25, -0.2) is 24.4 Å². The summed E-state index contributed by atoms with van der Waals surface area (Å²) in [7, 11) is 0. The molecule has 1 saturated heterocycles. The smallest absolute Gasteiger partial charge is 0.295 e. The zero-order valence-corrected chi connectivity index (χ0v) is 16.8. The Morgan fingerprint density at radius 3 is 2.53 bits per heavy atom. The van der Waals surface area contributed by atoms with E-state index in [9.17, 15) is 9.18 Å². The molecule has 0 aliphatic carbocycles. The summed E-state index contributed by atoms with van der Waals surface area (Å²) >= 11 is 0. The van der Waals surface area contributed by atoms with Crippen LogP contribution in [0.15, 0.2) is 61.2 Å². The van der Waals surface area contributed by atoms with Crippen LogP contribution in [0.3, 0.4) is 0 Å². The lowest BCUT2D eigenvalue weighted by Gasteiger charge is -2.22. The van der Waals surface area contributed by atoms with Crippen LogP contribution in [0, 0.1) is 17.7 Å². The van der Waals surface area contributed by atoms with Crippen molar-refractivity contribution in [2.75, 3.05) is 12.3 Å². The Morgan fingerprint density at radius 1 is 1.03 bits per heavy atom. The molecule has 1 atom stereocenters. The molecule has 1 unspecified atom stereocenters. The molecule has 5 rings (SSSR count). The van der Waals surface area contributed by atoms with Crippen molar-refractivity contribution in [2.24, 2.45) is 0 Å². The predicted molar refractivity (Wildman–Crippen MR) is 113 cm³/mol. The Balaban J connectivity index is 1.45. The van der Waals surface area contributed by atoms with Crippen LogP contribution in [0.4, 0.5) is 10.3 Å². The molecule has 1 aromatic carbocycles. The van der Waals surface area contributed by atoms with Gasteiger partial charge in [0.2, 0.25) is 5.95 Å². The Labute approximate surface area is 182 Å². The first kappa shape index (κ1) is 19.7. The molecule has 0 saturated carbocycles. The summed E-state index contributed by atoms with van der Waals surface area (Å²) in [4.78, 5) is 31.1. The van der Waals surface area contributed by atoms with Crippen molar-refractivity contribution in [2.45, 2.75) is 12.5 Å². The minimum atomic E-state index is -0.326. The van der Waals surface area contributed by atoms with Crippen molar-refractivity contribution in [3.63, 3.8) is 0 Å². The van der Waals surface area contributed by atoms with Gasteiger partial charge in [-0.05, 0) is 29.8 Å². The van der Waals surface area contributed by atoms with Gasteiger partial charge in [-0.15, -0.1) is 0 Å². The highest BCUT2D eigenvalue weighted by Crippen LogP contribution is 2.32. The molecule has 8 nitrogen and oxygen atoms in total. The molecule has 0 bridgehead atoms. The van der Waals surface area contributed by atoms with Crippen LogP contribution < -0.4 is 5.73 Å². The van der Waals surface area contributed by atoms with Gasteiger partial charge in [0.25, 0.3) is 5.91 Å². The normalized spacial score (nSPS) is 15.5. The Hall–Kier alpha value is -4.29. The summed E-state index contributed by atoms with van der Waals surface area (Å²) in [6, 6.07) is 9.24. The fourth-order valence-corrected chi connectivity index (χ4v) is 3.54. The predicted octanol–water partition coefficient (Wildman–Crippen LogP) is 2.76. The number of fused-ring (bicyclic) bond motifs is 1. The highest BCUT2D eigenvalue weighted by molar-refractivity contribution is 5.93. The topological polar surface area (TPSA) is 98.6 Å². The number of aromatic nitrogens is 4. The number of benzene rings is 1. The van der Waals surface area contributed by atoms with Gasteiger partial charge in [-0.2, -0.15) is 0 Å². The number of amides is 1. The summed E-state index contributed by atoms with van der Waals surface area (Å²) in [5.74, 6) is 5.48. The molecular formula is C23H17FN6O2. The van der Waals surface area contributed by atoms with Crippen LogP contribution in [0.5, 0.6) is 0 Å². The van der Waals surface area contributed by atoms with E-state index in [1.807, 2.05) is 0 Å². The van der Waals surface area contributed by atoms with Crippen LogP contribution >= 0.6 is 0 Å². The monoisotopic (exact) mass is 428 g/mol. The molecule has 1 fully saturated rings. The summed E-state index contributed by atoms with van der Waals surface area (Å²) in [5.41, 5.74) is 8.51. The zero-order chi connectivity index (χ0) is 22.1. The fraction of sp³-hybridized carbons (Fsp3) is 0.130. The molecule has 4 aromatic rings. The van der Waals surface area contributed by atoms with Crippen LogP contribution in [0.1, 0.15) is 39.6 Å². The number of nitrogens with two attached hydrogens (primary N) is 1. The van der Waals surface area contributed by atoms with Crippen molar-refractivity contribution >= 4 is 17.5 Å². The Morgan fingerprint density at radius 2 is 1.75 bits per heavy atom. The van der Waals surface area contributed by atoms with Crippen molar-refractivity contribution in [1.29, 1.82) is 0 Å². The molecule has 1 aliphatic rings. The number of nitrogens with zero attached hydrogens (tertiary/aromatic N) is 5. The van der Waals surface area contributed by atoms with Gasteiger partial charge in [0.05, 0.1) is 23.8 Å². The minimum Gasteiger partial charge on any atom is -0.368 e. The molecule has 158 valence electrons. The van der Waals surface area contributed by atoms with Gasteiger partial charge < -0.3 is 5.73 Å². The second kappa shape index (κ2) is 8.09.